The Labute approximate surface area is 239 Å². The highest BCUT2D eigenvalue weighted by Crippen LogP contribution is 2.25. The quantitative estimate of drug-likeness (QED) is 0.0756. The number of rotatable bonds is 24. The van der Waals surface area contributed by atoms with Crippen LogP contribution in [0.25, 0.3) is 0 Å². The molecule has 0 aromatic carbocycles. The Morgan fingerprint density at radius 1 is 0.795 bits per heavy atom. The van der Waals surface area contributed by atoms with Crippen molar-refractivity contribution in [3.05, 3.63) is 11.6 Å². The van der Waals surface area contributed by atoms with E-state index in [1.807, 2.05) is 0 Å². The van der Waals surface area contributed by atoms with Crippen LogP contribution in [0.3, 0.4) is 0 Å². The van der Waals surface area contributed by atoms with Crippen LogP contribution >= 0.6 is 11.8 Å². The number of hydrogen-bond acceptors (Lipinski definition) is 6. The third-order valence-corrected chi connectivity index (χ3v) is 8.24. The fourth-order valence-corrected chi connectivity index (χ4v) is 5.70. The molecule has 9 heteroatoms. The maximum absolute atomic E-state index is 12.5. The minimum absolute atomic E-state index is 0.0913. The number of carboxylic acids is 3. The molecule has 0 amide bonds. The normalized spacial score (nSPS) is 14.7. The highest BCUT2D eigenvalue weighted by Gasteiger charge is 2.42. The van der Waals surface area contributed by atoms with Crippen LogP contribution < -0.4 is 0 Å². The number of Topliss-reactive ketones (excluding diaryl/α,β-unsaturated/α-hetero) is 1. The third kappa shape index (κ3) is 18.9. The molecule has 0 rings (SSSR count). The molecule has 0 saturated heterocycles. The van der Waals surface area contributed by atoms with Gasteiger partial charge in [-0.2, -0.15) is 11.8 Å². The number of carbonyl (C=O) groups excluding carboxylic acids is 1. The van der Waals surface area contributed by atoms with E-state index in [9.17, 15) is 29.4 Å². The number of aliphatic hydroxyl groups is 1. The van der Waals surface area contributed by atoms with Gasteiger partial charge in [0.25, 0.3) is 0 Å². The summed E-state index contributed by atoms with van der Waals surface area (Å²) in [5.41, 5.74) is -1.40. The Balaban J connectivity index is 4.40. The van der Waals surface area contributed by atoms with Crippen molar-refractivity contribution in [1.29, 1.82) is 0 Å². The van der Waals surface area contributed by atoms with Gasteiger partial charge in [0.15, 0.2) is 5.78 Å². The summed E-state index contributed by atoms with van der Waals surface area (Å²) >= 11 is 1.34. The molecule has 0 fully saturated rings. The Hall–Kier alpha value is -1.87. The SMILES string of the molecule is C/C(=C\CSCC(CC(=O)C(O)(CC(=O)O)CC(=O)O)C(=O)O)CCCC(C)CCCC(C)CCCC(C)C. The summed E-state index contributed by atoms with van der Waals surface area (Å²) in [6.07, 6.45) is 10.3. The van der Waals surface area contributed by atoms with Crippen LogP contribution in [0.1, 0.15) is 112 Å². The van der Waals surface area contributed by atoms with Crippen LogP contribution in [-0.2, 0) is 19.2 Å². The predicted octanol–water partition coefficient (Wildman–Crippen LogP) is 6.45. The number of hydrogen-bond donors (Lipinski definition) is 4. The maximum atomic E-state index is 12.5. The van der Waals surface area contributed by atoms with Crippen LogP contribution in [0, 0.1) is 23.7 Å². The molecule has 0 aromatic rings. The van der Waals surface area contributed by atoms with Crippen LogP contribution in [0.4, 0.5) is 0 Å². The van der Waals surface area contributed by atoms with Crippen molar-refractivity contribution < 1.29 is 39.6 Å². The minimum Gasteiger partial charge on any atom is -0.481 e. The molecule has 0 spiro atoms. The molecule has 0 radical (unpaired) electrons. The molecule has 0 saturated carbocycles. The zero-order chi connectivity index (χ0) is 30.0. The summed E-state index contributed by atoms with van der Waals surface area (Å²) in [6.45, 7) is 11.3. The summed E-state index contributed by atoms with van der Waals surface area (Å²) in [4.78, 5) is 46.1. The van der Waals surface area contributed by atoms with Crippen LogP contribution in [0.15, 0.2) is 11.6 Å². The molecule has 39 heavy (non-hydrogen) atoms. The first-order valence-corrected chi connectivity index (χ1v) is 15.5. The molecule has 0 aliphatic carbocycles. The zero-order valence-electron chi connectivity index (χ0n) is 24.6. The second kappa shape index (κ2) is 20.1. The van der Waals surface area contributed by atoms with Gasteiger partial charge in [-0.1, -0.05) is 84.3 Å². The molecular formula is C30H52O8S. The molecule has 0 heterocycles. The lowest BCUT2D eigenvalue weighted by Crippen LogP contribution is -2.44. The predicted molar refractivity (Wildman–Crippen MR) is 156 cm³/mol. The standard InChI is InChI=1S/C30H52O8S/c1-21(2)9-6-10-22(3)11-7-12-23(4)13-8-14-24(5)15-16-39-20-25(29(36)37)17-26(31)30(38,18-27(32)33)19-28(34)35/h15,21-23,25,38H,6-14,16-20H2,1-5H3,(H,32,33)(H,34,35)(H,36,37)/b24-15+. The fourth-order valence-electron chi connectivity index (χ4n) is 4.61. The second-order valence-corrected chi connectivity index (χ2v) is 12.9. The van der Waals surface area contributed by atoms with Crippen molar-refractivity contribution in [3.8, 4) is 0 Å². The van der Waals surface area contributed by atoms with Crippen LogP contribution in [0.2, 0.25) is 0 Å². The molecule has 3 unspecified atom stereocenters. The lowest BCUT2D eigenvalue weighted by molar-refractivity contribution is -0.159. The lowest BCUT2D eigenvalue weighted by Gasteiger charge is -2.24. The summed E-state index contributed by atoms with van der Waals surface area (Å²) in [5.74, 6) is -3.60. The van der Waals surface area contributed by atoms with E-state index in [0.29, 0.717) is 11.7 Å². The Bertz CT molecular complexity index is 776. The molecule has 3 atom stereocenters. The van der Waals surface area contributed by atoms with Gasteiger partial charge < -0.3 is 20.4 Å². The van der Waals surface area contributed by atoms with E-state index in [1.165, 1.54) is 62.3 Å². The highest BCUT2D eigenvalue weighted by atomic mass is 32.2. The molecule has 4 N–H and O–H groups in total. The van der Waals surface area contributed by atoms with E-state index in [0.717, 1.165) is 24.7 Å². The molecule has 0 bridgehead atoms. The summed E-state index contributed by atoms with van der Waals surface area (Å²) in [7, 11) is 0. The first-order chi connectivity index (χ1) is 18.2. The molecule has 8 nitrogen and oxygen atoms in total. The Kier molecular flexibility index (Phi) is 19.1. The van der Waals surface area contributed by atoms with Crippen molar-refractivity contribution in [2.24, 2.45) is 23.7 Å². The van der Waals surface area contributed by atoms with Gasteiger partial charge >= 0.3 is 17.9 Å². The van der Waals surface area contributed by atoms with E-state index in [2.05, 4.69) is 40.7 Å². The number of thioether (sulfide) groups is 1. The Morgan fingerprint density at radius 3 is 1.74 bits per heavy atom. The van der Waals surface area contributed by atoms with E-state index in [4.69, 9.17) is 10.2 Å². The minimum atomic E-state index is -2.63. The molecular weight excluding hydrogens is 520 g/mol. The van der Waals surface area contributed by atoms with Gasteiger partial charge in [0.2, 0.25) is 0 Å². The first-order valence-electron chi connectivity index (χ1n) is 14.3. The smallest absolute Gasteiger partial charge is 0.307 e. The van der Waals surface area contributed by atoms with E-state index in [1.54, 1.807) is 0 Å². The van der Waals surface area contributed by atoms with E-state index >= 15 is 0 Å². The van der Waals surface area contributed by atoms with Gasteiger partial charge in [-0.15, -0.1) is 0 Å². The summed E-state index contributed by atoms with van der Waals surface area (Å²) < 4.78 is 0. The van der Waals surface area contributed by atoms with Crippen LogP contribution in [-0.4, -0.2) is 61.2 Å². The van der Waals surface area contributed by atoms with Gasteiger partial charge in [-0.05, 0) is 37.5 Å². The number of aliphatic carboxylic acids is 3. The number of carbonyl (C=O) groups is 4. The lowest BCUT2D eigenvalue weighted by atomic mass is 9.86. The second-order valence-electron chi connectivity index (χ2n) is 11.8. The third-order valence-electron chi connectivity index (χ3n) is 7.20. The summed E-state index contributed by atoms with van der Waals surface area (Å²) in [6, 6.07) is 0. The molecule has 0 aliphatic rings. The van der Waals surface area contributed by atoms with Crippen molar-refractivity contribution in [3.63, 3.8) is 0 Å². The largest absolute Gasteiger partial charge is 0.481 e. The first kappa shape index (κ1) is 37.1. The van der Waals surface area contributed by atoms with Gasteiger partial charge in [0, 0.05) is 17.9 Å². The van der Waals surface area contributed by atoms with Gasteiger partial charge in [-0.3, -0.25) is 19.2 Å². The topological polar surface area (TPSA) is 149 Å². The molecule has 0 aliphatic heterocycles. The number of allylic oxidation sites excluding steroid dienone is 1. The maximum Gasteiger partial charge on any atom is 0.307 e. The number of carboxylic acid groups (broad SMARTS) is 3. The Morgan fingerprint density at radius 2 is 1.28 bits per heavy atom. The molecule has 0 aromatic heterocycles. The summed E-state index contributed by atoms with van der Waals surface area (Å²) in [5, 5.41) is 37.7. The van der Waals surface area contributed by atoms with Gasteiger partial charge in [0.05, 0.1) is 18.8 Å². The van der Waals surface area contributed by atoms with E-state index < -0.39 is 54.5 Å². The van der Waals surface area contributed by atoms with Crippen molar-refractivity contribution in [1.82, 2.24) is 0 Å². The fraction of sp³-hybridized carbons (Fsp3) is 0.800. The van der Waals surface area contributed by atoms with Crippen molar-refractivity contribution in [2.45, 2.75) is 117 Å². The van der Waals surface area contributed by atoms with Crippen molar-refractivity contribution >= 4 is 35.5 Å². The monoisotopic (exact) mass is 572 g/mol. The average molecular weight is 573 g/mol. The zero-order valence-corrected chi connectivity index (χ0v) is 25.4. The van der Waals surface area contributed by atoms with Crippen LogP contribution in [0.5, 0.6) is 0 Å². The number of ketones is 1. The van der Waals surface area contributed by atoms with Gasteiger partial charge in [0.1, 0.15) is 5.60 Å². The average Bonchev–Trinajstić information content (AvgIpc) is 2.79. The van der Waals surface area contributed by atoms with E-state index in [-0.39, 0.29) is 5.75 Å². The van der Waals surface area contributed by atoms with Gasteiger partial charge in [-0.25, -0.2) is 0 Å². The van der Waals surface area contributed by atoms with Crippen molar-refractivity contribution in [2.75, 3.05) is 11.5 Å². The highest BCUT2D eigenvalue weighted by molar-refractivity contribution is 7.99. The molecule has 226 valence electrons.